The maximum Gasteiger partial charge on any atom is 0.326 e. The van der Waals surface area contributed by atoms with Gasteiger partial charge in [-0.25, -0.2) is 4.79 Å². The predicted molar refractivity (Wildman–Crippen MR) is 126 cm³/mol. The normalized spacial score (nSPS) is 17.6. The highest BCUT2D eigenvalue weighted by Crippen LogP contribution is 2.48. The molecule has 7 nitrogen and oxygen atoms in total. The van der Waals surface area contributed by atoms with E-state index < -0.39 is 23.3 Å². The monoisotopic (exact) mass is 487 g/mol. The third kappa shape index (κ3) is 4.75. The Morgan fingerprint density at radius 2 is 1.70 bits per heavy atom. The standard InChI is InChI=1S/C24H23Cl2N3O4/c25-16-12-27-13-17(26)21(16)22(31)28-15-6-4-14(5-7-15)10-18(23(32)33)29-19-11-20(30)24(19)8-2-1-3-9-24/h4-7,11-13,18,29H,1-3,8-10H2,(H,28,31)(H,32,33)/t18-/m0/s1. The summed E-state index contributed by atoms with van der Waals surface area (Å²) in [6, 6.07) is 6.01. The van der Waals surface area contributed by atoms with Gasteiger partial charge in [-0.05, 0) is 30.5 Å². The van der Waals surface area contributed by atoms with E-state index in [9.17, 15) is 19.5 Å². The van der Waals surface area contributed by atoms with E-state index in [-0.39, 0.29) is 27.8 Å². The van der Waals surface area contributed by atoms with Gasteiger partial charge < -0.3 is 15.7 Å². The number of aliphatic carboxylic acids is 1. The number of pyridine rings is 1. The van der Waals surface area contributed by atoms with Crippen LogP contribution >= 0.6 is 23.2 Å². The highest BCUT2D eigenvalue weighted by molar-refractivity contribution is 6.40. The molecule has 33 heavy (non-hydrogen) atoms. The zero-order valence-electron chi connectivity index (χ0n) is 17.7. The fourth-order valence-corrected chi connectivity index (χ4v) is 5.02. The molecule has 1 amide bonds. The minimum Gasteiger partial charge on any atom is -0.480 e. The zero-order chi connectivity index (χ0) is 23.6. The van der Waals surface area contributed by atoms with Gasteiger partial charge in [-0.2, -0.15) is 0 Å². The van der Waals surface area contributed by atoms with Crippen molar-refractivity contribution in [1.82, 2.24) is 10.3 Å². The fourth-order valence-electron chi connectivity index (χ4n) is 4.48. The van der Waals surface area contributed by atoms with Gasteiger partial charge >= 0.3 is 5.97 Å². The molecule has 0 bridgehead atoms. The second-order valence-electron chi connectivity index (χ2n) is 8.43. The number of hydrogen-bond donors (Lipinski definition) is 3. The SMILES string of the molecule is O=C(Nc1ccc(C[C@H](NC2=CC(=O)C23CCCCC3)C(=O)O)cc1)c1c(Cl)cncc1Cl. The number of allylic oxidation sites excluding steroid dienone is 2. The Balaban J connectivity index is 1.42. The number of carbonyl (C=O) groups is 3. The predicted octanol–water partition coefficient (Wildman–Crippen LogP) is 4.64. The molecule has 1 atom stereocenters. The lowest BCUT2D eigenvalue weighted by Crippen LogP contribution is -2.51. The molecule has 0 radical (unpaired) electrons. The highest BCUT2D eigenvalue weighted by Gasteiger charge is 2.49. The van der Waals surface area contributed by atoms with Crippen LogP contribution in [0.1, 0.15) is 48.0 Å². The third-order valence-corrected chi connectivity index (χ3v) is 6.90. The number of nitrogens with one attached hydrogen (secondary N) is 2. The minimum atomic E-state index is -0.986. The molecule has 1 aromatic heterocycles. The topological polar surface area (TPSA) is 108 Å². The van der Waals surface area contributed by atoms with E-state index in [0.717, 1.165) is 43.4 Å². The van der Waals surface area contributed by atoms with Crippen molar-refractivity contribution in [2.75, 3.05) is 5.32 Å². The lowest BCUT2D eigenvalue weighted by Gasteiger charge is -2.44. The van der Waals surface area contributed by atoms with Crippen molar-refractivity contribution in [3.63, 3.8) is 0 Å². The van der Waals surface area contributed by atoms with Crippen LogP contribution in [0.25, 0.3) is 0 Å². The molecular weight excluding hydrogens is 465 g/mol. The molecule has 1 aromatic carbocycles. The van der Waals surface area contributed by atoms with Crippen molar-refractivity contribution in [1.29, 1.82) is 0 Å². The summed E-state index contributed by atoms with van der Waals surface area (Å²) in [5.74, 6) is -1.35. The van der Waals surface area contributed by atoms with Crippen LogP contribution in [0.3, 0.4) is 0 Å². The Morgan fingerprint density at radius 3 is 2.27 bits per heavy atom. The zero-order valence-corrected chi connectivity index (χ0v) is 19.2. The maximum absolute atomic E-state index is 12.5. The number of carbonyl (C=O) groups excluding carboxylic acids is 2. The molecule has 1 heterocycles. The molecular formula is C24H23Cl2N3O4. The van der Waals surface area contributed by atoms with Crippen LogP contribution in [-0.2, 0) is 16.0 Å². The Morgan fingerprint density at radius 1 is 1.06 bits per heavy atom. The molecule has 1 saturated carbocycles. The summed E-state index contributed by atoms with van der Waals surface area (Å²) in [5.41, 5.74) is 1.65. The molecule has 0 saturated heterocycles. The summed E-state index contributed by atoms with van der Waals surface area (Å²) < 4.78 is 0. The van der Waals surface area contributed by atoms with Gasteiger partial charge in [-0.15, -0.1) is 0 Å². The van der Waals surface area contributed by atoms with E-state index in [1.165, 1.54) is 18.5 Å². The lowest BCUT2D eigenvalue weighted by atomic mass is 9.62. The van der Waals surface area contributed by atoms with Crippen LogP contribution < -0.4 is 10.6 Å². The van der Waals surface area contributed by atoms with Gasteiger partial charge in [0.15, 0.2) is 5.78 Å². The number of aromatic nitrogens is 1. The summed E-state index contributed by atoms with van der Waals surface area (Å²) in [4.78, 5) is 40.5. The molecule has 9 heteroatoms. The number of ketones is 1. The largest absolute Gasteiger partial charge is 0.480 e. The minimum absolute atomic E-state index is 0.100. The number of benzene rings is 1. The number of hydrogen-bond acceptors (Lipinski definition) is 5. The Hall–Kier alpha value is -2.90. The van der Waals surface area contributed by atoms with Crippen LogP contribution in [0.5, 0.6) is 0 Å². The second kappa shape index (κ2) is 9.53. The van der Waals surface area contributed by atoms with E-state index >= 15 is 0 Å². The van der Waals surface area contributed by atoms with Crippen molar-refractivity contribution < 1.29 is 19.5 Å². The van der Waals surface area contributed by atoms with Crippen molar-refractivity contribution >= 4 is 46.5 Å². The van der Waals surface area contributed by atoms with Gasteiger partial charge in [0, 0.05) is 36.3 Å². The molecule has 0 unspecified atom stereocenters. The Kier molecular flexibility index (Phi) is 6.72. The molecule has 172 valence electrons. The quantitative estimate of drug-likeness (QED) is 0.524. The molecule has 4 rings (SSSR count). The van der Waals surface area contributed by atoms with Crippen molar-refractivity contribution in [3.8, 4) is 0 Å². The Labute approximate surface area is 201 Å². The molecule has 0 aliphatic heterocycles. The van der Waals surface area contributed by atoms with Crippen molar-refractivity contribution in [2.45, 2.75) is 44.6 Å². The van der Waals surface area contributed by atoms with E-state index in [1.54, 1.807) is 24.3 Å². The lowest BCUT2D eigenvalue weighted by molar-refractivity contribution is -0.140. The van der Waals surface area contributed by atoms with Crippen LogP contribution in [0.4, 0.5) is 5.69 Å². The summed E-state index contributed by atoms with van der Waals surface area (Å²) in [6.07, 6.45) is 9.06. The molecule has 2 aliphatic rings. The number of amides is 1. The number of carboxylic acids is 1. The van der Waals surface area contributed by atoms with E-state index in [4.69, 9.17) is 23.2 Å². The highest BCUT2D eigenvalue weighted by atomic mass is 35.5. The van der Waals surface area contributed by atoms with Gasteiger partial charge in [0.2, 0.25) is 0 Å². The van der Waals surface area contributed by atoms with E-state index in [0.29, 0.717) is 5.69 Å². The van der Waals surface area contributed by atoms with E-state index in [1.807, 2.05) is 0 Å². The Bertz CT molecular complexity index is 1100. The van der Waals surface area contributed by atoms with Gasteiger partial charge in [-0.3, -0.25) is 14.6 Å². The van der Waals surface area contributed by atoms with Crippen LogP contribution in [0.15, 0.2) is 48.4 Å². The first kappa shape index (κ1) is 23.3. The first-order valence-electron chi connectivity index (χ1n) is 10.8. The van der Waals surface area contributed by atoms with Crippen LogP contribution in [-0.4, -0.2) is 33.8 Å². The molecule has 2 aliphatic carbocycles. The average Bonchev–Trinajstić information content (AvgIpc) is 2.79. The van der Waals surface area contributed by atoms with Crippen LogP contribution in [0.2, 0.25) is 10.0 Å². The number of nitrogens with zero attached hydrogens (tertiary/aromatic N) is 1. The number of carboxylic acid groups (broad SMARTS) is 1. The first-order valence-corrected chi connectivity index (χ1v) is 11.5. The van der Waals surface area contributed by atoms with Crippen molar-refractivity contribution in [2.24, 2.45) is 5.41 Å². The smallest absolute Gasteiger partial charge is 0.326 e. The summed E-state index contributed by atoms with van der Waals surface area (Å²) in [7, 11) is 0. The molecule has 3 N–H and O–H groups in total. The summed E-state index contributed by atoms with van der Waals surface area (Å²) >= 11 is 12.1. The number of anilines is 1. The fraction of sp³-hybridized carbons (Fsp3) is 0.333. The van der Waals surface area contributed by atoms with Gasteiger partial charge in [-0.1, -0.05) is 54.6 Å². The van der Waals surface area contributed by atoms with Gasteiger partial charge in [0.05, 0.1) is 21.0 Å². The van der Waals surface area contributed by atoms with Crippen molar-refractivity contribution in [3.05, 3.63) is 69.6 Å². The molecule has 2 aromatic rings. The van der Waals surface area contributed by atoms with Gasteiger partial charge in [0.25, 0.3) is 5.91 Å². The molecule has 1 spiro atoms. The first-order chi connectivity index (χ1) is 15.8. The summed E-state index contributed by atoms with van der Waals surface area (Å²) in [5, 5.41) is 15.9. The average molecular weight is 488 g/mol. The third-order valence-electron chi connectivity index (χ3n) is 6.33. The number of rotatable bonds is 7. The van der Waals surface area contributed by atoms with E-state index in [2.05, 4.69) is 15.6 Å². The number of halogens is 2. The van der Waals surface area contributed by atoms with Crippen LogP contribution in [0, 0.1) is 5.41 Å². The van der Waals surface area contributed by atoms with Gasteiger partial charge in [0.1, 0.15) is 6.04 Å². The maximum atomic E-state index is 12.5. The molecule has 1 fully saturated rings. The summed E-state index contributed by atoms with van der Waals surface area (Å²) in [6.45, 7) is 0. The second-order valence-corrected chi connectivity index (χ2v) is 9.25.